The number of benzene rings is 1. The van der Waals surface area contributed by atoms with Crippen molar-refractivity contribution < 1.29 is 23.7 Å². The van der Waals surface area contributed by atoms with E-state index >= 15 is 0 Å². The number of carbonyl (C=O) groups is 3. The van der Waals surface area contributed by atoms with E-state index in [1.807, 2.05) is 0 Å². The van der Waals surface area contributed by atoms with Gasteiger partial charge in [-0.15, -0.1) is 0 Å². The zero-order valence-corrected chi connectivity index (χ0v) is 13.8. The molecule has 1 aromatic heterocycles. The summed E-state index contributed by atoms with van der Waals surface area (Å²) in [5, 5.41) is 10.2. The average molecular weight is 346 g/mol. The molecule has 25 heavy (non-hydrogen) atoms. The molecule has 0 radical (unpaired) electrons. The van der Waals surface area contributed by atoms with E-state index in [-0.39, 0.29) is 31.3 Å². The minimum absolute atomic E-state index is 0.00176. The van der Waals surface area contributed by atoms with E-state index < -0.39 is 5.97 Å². The zero-order valence-electron chi connectivity index (χ0n) is 13.8. The van der Waals surface area contributed by atoms with E-state index in [1.54, 1.807) is 25.1 Å². The molecule has 9 nitrogen and oxygen atoms in total. The summed E-state index contributed by atoms with van der Waals surface area (Å²) in [5.41, 5.74) is 1.43. The molecular weight excluding hydrogens is 328 g/mol. The highest BCUT2D eigenvalue weighted by Crippen LogP contribution is 2.19. The fourth-order valence-corrected chi connectivity index (χ4v) is 2.72. The van der Waals surface area contributed by atoms with Gasteiger partial charge in [0.05, 0.1) is 13.0 Å². The van der Waals surface area contributed by atoms with Crippen LogP contribution < -0.4 is 0 Å². The molecule has 0 spiro atoms. The van der Waals surface area contributed by atoms with Crippen molar-refractivity contribution in [1.29, 1.82) is 0 Å². The predicted molar refractivity (Wildman–Crippen MR) is 85.0 cm³/mol. The third-order valence-corrected chi connectivity index (χ3v) is 3.90. The summed E-state index contributed by atoms with van der Waals surface area (Å²) in [6, 6.07) is 4.84. The first-order valence-corrected chi connectivity index (χ1v) is 8.10. The molecule has 0 unspecified atom stereocenters. The topological polar surface area (TPSA) is 106 Å². The Bertz CT molecular complexity index is 803. The van der Waals surface area contributed by atoms with Crippen LogP contribution in [0.3, 0.4) is 0 Å². The predicted octanol–water partition coefficient (Wildman–Crippen LogP) is 1.16. The fourth-order valence-electron chi connectivity index (χ4n) is 2.72. The number of nitrogens with zero attached hydrogens (tertiary/aromatic N) is 4. The van der Waals surface area contributed by atoms with Crippen LogP contribution in [0.5, 0.6) is 0 Å². The van der Waals surface area contributed by atoms with Crippen molar-refractivity contribution in [3.05, 3.63) is 23.8 Å². The first kappa shape index (κ1) is 16.9. The lowest BCUT2D eigenvalue weighted by molar-refractivity contribution is -0.148. The van der Waals surface area contributed by atoms with Gasteiger partial charge in [-0.05, 0) is 41.9 Å². The molecule has 9 heteroatoms. The molecule has 2 heterocycles. The highest BCUT2D eigenvalue weighted by molar-refractivity contribution is 5.98. The lowest BCUT2D eigenvalue weighted by atomic mass is 10.2. The summed E-state index contributed by atoms with van der Waals surface area (Å²) < 4.78 is 9.45. The molecule has 1 aliphatic rings. The summed E-state index contributed by atoms with van der Waals surface area (Å²) in [4.78, 5) is 36.5. The van der Waals surface area contributed by atoms with Crippen LogP contribution >= 0.6 is 0 Å². The Morgan fingerprint density at radius 3 is 2.68 bits per heavy atom. The van der Waals surface area contributed by atoms with Crippen LogP contribution in [0, 0.1) is 0 Å². The van der Waals surface area contributed by atoms with Crippen LogP contribution in [0.1, 0.15) is 36.5 Å². The van der Waals surface area contributed by atoms with Gasteiger partial charge < -0.3 is 4.74 Å². The van der Waals surface area contributed by atoms with E-state index in [2.05, 4.69) is 14.9 Å². The van der Waals surface area contributed by atoms with Gasteiger partial charge in [-0.25, -0.2) is 9.64 Å². The van der Waals surface area contributed by atoms with Gasteiger partial charge in [-0.1, -0.05) is 0 Å². The number of ether oxygens (including phenoxy) is 1. The number of aromatic nitrogens is 2. The highest BCUT2D eigenvalue weighted by atomic mass is 16.6. The van der Waals surface area contributed by atoms with Crippen molar-refractivity contribution >= 4 is 28.8 Å². The standard InChI is InChI=1S/C16H18N4O5/c1-2-24-15(22)7-6-14(21)19-8-3-9-20(19)16(23)11-4-5-12-13(10-11)18-25-17-12/h4-5,10H,2-3,6-9H2,1H3. The quantitative estimate of drug-likeness (QED) is 0.748. The first-order valence-electron chi connectivity index (χ1n) is 8.10. The molecule has 0 bridgehead atoms. The smallest absolute Gasteiger partial charge is 0.306 e. The van der Waals surface area contributed by atoms with E-state index in [1.165, 1.54) is 10.0 Å². The number of hydrogen-bond donors (Lipinski definition) is 0. The van der Waals surface area contributed by atoms with Gasteiger partial charge in [0, 0.05) is 25.1 Å². The number of carbonyl (C=O) groups excluding carboxylic acids is 3. The second-order valence-electron chi connectivity index (χ2n) is 5.57. The van der Waals surface area contributed by atoms with E-state index in [0.717, 1.165) is 0 Å². The maximum atomic E-state index is 12.7. The van der Waals surface area contributed by atoms with Crippen LogP contribution in [0.4, 0.5) is 0 Å². The fraction of sp³-hybridized carbons (Fsp3) is 0.438. The molecule has 0 atom stereocenters. The van der Waals surface area contributed by atoms with Crippen LogP contribution in [0.25, 0.3) is 11.0 Å². The minimum atomic E-state index is -0.420. The maximum Gasteiger partial charge on any atom is 0.306 e. The molecule has 1 saturated heterocycles. The van der Waals surface area contributed by atoms with Crippen LogP contribution in [-0.2, 0) is 14.3 Å². The summed E-state index contributed by atoms with van der Waals surface area (Å²) >= 11 is 0. The highest BCUT2D eigenvalue weighted by Gasteiger charge is 2.31. The van der Waals surface area contributed by atoms with Gasteiger partial charge in [0.25, 0.3) is 5.91 Å². The van der Waals surface area contributed by atoms with Gasteiger partial charge in [-0.3, -0.25) is 19.4 Å². The summed E-state index contributed by atoms with van der Waals surface area (Å²) in [7, 11) is 0. The molecular formula is C16H18N4O5. The van der Waals surface area contributed by atoms with Gasteiger partial charge >= 0.3 is 5.97 Å². The molecule has 2 amide bonds. The van der Waals surface area contributed by atoms with Crippen molar-refractivity contribution in [1.82, 2.24) is 20.3 Å². The van der Waals surface area contributed by atoms with Gasteiger partial charge in [0.15, 0.2) is 0 Å². The van der Waals surface area contributed by atoms with E-state index in [4.69, 9.17) is 4.74 Å². The summed E-state index contributed by atoms with van der Waals surface area (Å²) in [5.74, 6) is -0.994. The lowest BCUT2D eigenvalue weighted by Gasteiger charge is -2.27. The van der Waals surface area contributed by atoms with Crippen molar-refractivity contribution in [2.75, 3.05) is 19.7 Å². The number of rotatable bonds is 5. The Labute approximate surface area is 143 Å². The molecule has 132 valence electrons. The minimum Gasteiger partial charge on any atom is -0.466 e. The zero-order chi connectivity index (χ0) is 17.8. The average Bonchev–Trinajstić information content (AvgIpc) is 3.27. The van der Waals surface area contributed by atoms with E-state index in [9.17, 15) is 14.4 Å². The second-order valence-corrected chi connectivity index (χ2v) is 5.57. The third-order valence-electron chi connectivity index (χ3n) is 3.90. The van der Waals surface area contributed by atoms with Crippen molar-refractivity contribution in [3.63, 3.8) is 0 Å². The lowest BCUT2D eigenvalue weighted by Crippen LogP contribution is -2.44. The molecule has 3 rings (SSSR count). The molecule has 0 aliphatic carbocycles. The Balaban J connectivity index is 1.68. The van der Waals surface area contributed by atoms with Gasteiger partial charge in [0.2, 0.25) is 5.91 Å². The maximum absolute atomic E-state index is 12.7. The first-order chi connectivity index (χ1) is 12.1. The summed E-state index contributed by atoms with van der Waals surface area (Å²) in [6.07, 6.45) is 0.696. The summed E-state index contributed by atoms with van der Waals surface area (Å²) in [6.45, 7) is 2.88. The van der Waals surface area contributed by atoms with Crippen LogP contribution in [-0.4, -0.2) is 57.8 Å². The number of fused-ring (bicyclic) bond motifs is 1. The molecule has 1 aromatic carbocycles. The monoisotopic (exact) mass is 346 g/mol. The van der Waals surface area contributed by atoms with Crippen molar-refractivity contribution in [3.8, 4) is 0 Å². The second kappa shape index (κ2) is 7.29. The molecule has 1 fully saturated rings. The normalized spacial score (nSPS) is 14.1. The number of esters is 1. The van der Waals surface area contributed by atoms with Crippen molar-refractivity contribution in [2.45, 2.75) is 26.2 Å². The molecule has 0 N–H and O–H groups in total. The van der Waals surface area contributed by atoms with Gasteiger partial charge in [-0.2, -0.15) is 0 Å². The van der Waals surface area contributed by atoms with E-state index in [0.29, 0.717) is 36.1 Å². The van der Waals surface area contributed by atoms with Crippen LogP contribution in [0.2, 0.25) is 0 Å². The van der Waals surface area contributed by atoms with Gasteiger partial charge in [0.1, 0.15) is 11.0 Å². The number of hydrazine groups is 1. The Morgan fingerprint density at radius 1 is 1.12 bits per heavy atom. The third kappa shape index (κ3) is 3.59. The Hall–Kier alpha value is -2.97. The van der Waals surface area contributed by atoms with Crippen LogP contribution in [0.15, 0.2) is 22.8 Å². The molecule has 2 aromatic rings. The number of amides is 2. The Kier molecular flexibility index (Phi) is 4.92. The molecule has 1 aliphatic heterocycles. The number of hydrogen-bond acceptors (Lipinski definition) is 7. The largest absolute Gasteiger partial charge is 0.466 e. The van der Waals surface area contributed by atoms with Crippen molar-refractivity contribution in [2.24, 2.45) is 0 Å². The SMILES string of the molecule is CCOC(=O)CCC(=O)N1CCCN1C(=O)c1ccc2nonc2c1. The Morgan fingerprint density at radius 2 is 1.88 bits per heavy atom. The molecule has 0 saturated carbocycles.